The van der Waals surface area contributed by atoms with Gasteiger partial charge in [-0.25, -0.2) is 13.8 Å². The number of amides is 1. The van der Waals surface area contributed by atoms with Gasteiger partial charge in [0.1, 0.15) is 0 Å². The number of halogens is 3. The molecule has 6 nitrogen and oxygen atoms in total. The van der Waals surface area contributed by atoms with Crippen LogP contribution in [-0.4, -0.2) is 56.6 Å². The highest BCUT2D eigenvalue weighted by molar-refractivity contribution is 7.91. The maximum Gasteiger partial charge on any atom is 0.416 e. The van der Waals surface area contributed by atoms with Crippen molar-refractivity contribution in [2.45, 2.75) is 6.18 Å². The molecule has 1 aliphatic rings. The average Bonchev–Trinajstić information content (AvgIpc) is 2.49. The molecule has 2 rings (SSSR count). The van der Waals surface area contributed by atoms with Crippen LogP contribution >= 0.6 is 0 Å². The molecule has 0 atom stereocenters. The van der Waals surface area contributed by atoms with Crippen molar-refractivity contribution >= 4 is 22.0 Å². The lowest BCUT2D eigenvalue weighted by molar-refractivity contribution is -0.137. The number of hydrazone groups is 1. The van der Waals surface area contributed by atoms with Crippen molar-refractivity contribution in [3.63, 3.8) is 0 Å². The SMILES string of the molecule is O=C(CN1CCS(=O)(=O)CC1)NN=Cc1cccc(C(F)(F)F)c1. The van der Waals surface area contributed by atoms with Crippen LogP contribution in [0.3, 0.4) is 0 Å². The summed E-state index contributed by atoms with van der Waals surface area (Å²) in [7, 11) is -3.02. The van der Waals surface area contributed by atoms with Gasteiger partial charge in [0, 0.05) is 13.1 Å². The van der Waals surface area contributed by atoms with E-state index in [1.807, 2.05) is 0 Å². The van der Waals surface area contributed by atoms with Gasteiger partial charge >= 0.3 is 6.18 Å². The predicted octanol–water partition coefficient (Wildman–Crippen LogP) is 0.886. The van der Waals surface area contributed by atoms with Crippen molar-refractivity contribution in [1.29, 1.82) is 0 Å². The first-order chi connectivity index (χ1) is 11.2. The van der Waals surface area contributed by atoms with Gasteiger partial charge in [-0.1, -0.05) is 12.1 Å². The summed E-state index contributed by atoms with van der Waals surface area (Å²) < 4.78 is 60.3. The average molecular weight is 363 g/mol. The normalized spacial score (nSPS) is 18.6. The molecule has 1 aromatic rings. The van der Waals surface area contributed by atoms with E-state index < -0.39 is 27.5 Å². The van der Waals surface area contributed by atoms with Gasteiger partial charge in [-0.3, -0.25) is 9.69 Å². The fraction of sp³-hybridized carbons (Fsp3) is 0.429. The number of hydrogen-bond acceptors (Lipinski definition) is 5. The van der Waals surface area contributed by atoms with Crippen LogP contribution in [0.5, 0.6) is 0 Å². The molecule has 0 spiro atoms. The topological polar surface area (TPSA) is 78.8 Å². The van der Waals surface area contributed by atoms with E-state index in [4.69, 9.17) is 0 Å². The van der Waals surface area contributed by atoms with Gasteiger partial charge in [0.05, 0.1) is 29.8 Å². The first-order valence-electron chi connectivity index (χ1n) is 7.08. The molecule has 10 heteroatoms. The van der Waals surface area contributed by atoms with E-state index in [0.717, 1.165) is 18.3 Å². The second-order valence-electron chi connectivity index (χ2n) is 5.34. The van der Waals surface area contributed by atoms with Crippen molar-refractivity contribution in [2.24, 2.45) is 5.10 Å². The molecular formula is C14H16F3N3O3S. The molecule has 132 valence electrons. The highest BCUT2D eigenvalue weighted by Gasteiger charge is 2.30. The lowest BCUT2D eigenvalue weighted by Gasteiger charge is -2.25. The molecule has 0 aromatic heterocycles. The summed E-state index contributed by atoms with van der Waals surface area (Å²) >= 11 is 0. The minimum absolute atomic E-state index is 0.00772. The summed E-state index contributed by atoms with van der Waals surface area (Å²) in [6.07, 6.45) is -3.32. The number of nitrogens with zero attached hydrogens (tertiary/aromatic N) is 2. The molecule has 1 amide bonds. The predicted molar refractivity (Wildman–Crippen MR) is 82.3 cm³/mol. The lowest BCUT2D eigenvalue weighted by Crippen LogP contribution is -2.44. The van der Waals surface area contributed by atoms with Gasteiger partial charge in [-0.15, -0.1) is 0 Å². The summed E-state index contributed by atoms with van der Waals surface area (Å²) in [5.74, 6) is -0.445. The van der Waals surface area contributed by atoms with Crippen LogP contribution in [-0.2, 0) is 20.8 Å². The zero-order valence-electron chi connectivity index (χ0n) is 12.6. The third kappa shape index (κ3) is 5.60. The summed E-state index contributed by atoms with van der Waals surface area (Å²) in [6.45, 7) is 0.523. The summed E-state index contributed by atoms with van der Waals surface area (Å²) in [5.41, 5.74) is 1.62. The smallest absolute Gasteiger partial charge is 0.292 e. The Bertz CT molecular complexity index is 718. The summed E-state index contributed by atoms with van der Waals surface area (Å²) in [5, 5.41) is 3.62. The molecule has 1 fully saturated rings. The van der Waals surface area contributed by atoms with Gasteiger partial charge in [0.15, 0.2) is 9.84 Å². The maximum absolute atomic E-state index is 12.6. The Morgan fingerprint density at radius 2 is 1.96 bits per heavy atom. The second-order valence-corrected chi connectivity index (χ2v) is 7.65. The second kappa shape index (κ2) is 7.31. The van der Waals surface area contributed by atoms with Gasteiger partial charge in [0.2, 0.25) is 0 Å². The third-order valence-electron chi connectivity index (χ3n) is 3.42. The van der Waals surface area contributed by atoms with Gasteiger partial charge in [-0.2, -0.15) is 18.3 Å². The largest absolute Gasteiger partial charge is 0.416 e. The van der Waals surface area contributed by atoms with E-state index in [2.05, 4.69) is 10.5 Å². The van der Waals surface area contributed by atoms with Crippen LogP contribution < -0.4 is 5.43 Å². The third-order valence-corrected chi connectivity index (χ3v) is 5.03. The summed E-state index contributed by atoms with van der Waals surface area (Å²) in [4.78, 5) is 13.4. The van der Waals surface area contributed by atoms with Crippen molar-refractivity contribution in [3.05, 3.63) is 35.4 Å². The van der Waals surface area contributed by atoms with Crippen LogP contribution in [0.2, 0.25) is 0 Å². The number of benzene rings is 1. The van der Waals surface area contributed by atoms with Crippen LogP contribution in [0.4, 0.5) is 13.2 Å². The summed E-state index contributed by atoms with van der Waals surface area (Å²) in [6, 6.07) is 4.55. The molecule has 0 unspecified atom stereocenters. The molecule has 1 aromatic carbocycles. The molecule has 1 aliphatic heterocycles. The van der Waals surface area contributed by atoms with Crippen LogP contribution in [0.1, 0.15) is 11.1 Å². The fourth-order valence-electron chi connectivity index (χ4n) is 2.12. The molecular weight excluding hydrogens is 347 g/mol. The number of sulfone groups is 1. The van der Waals surface area contributed by atoms with Gasteiger partial charge in [-0.05, 0) is 17.7 Å². The first-order valence-corrected chi connectivity index (χ1v) is 8.90. The molecule has 24 heavy (non-hydrogen) atoms. The highest BCUT2D eigenvalue weighted by atomic mass is 32.2. The van der Waals surface area contributed by atoms with Crippen molar-refractivity contribution in [2.75, 3.05) is 31.1 Å². The Kier molecular flexibility index (Phi) is 5.60. The number of hydrogen-bond donors (Lipinski definition) is 1. The van der Waals surface area contributed by atoms with Gasteiger partial charge < -0.3 is 0 Å². The van der Waals surface area contributed by atoms with E-state index in [-0.39, 0.29) is 36.7 Å². The molecule has 0 bridgehead atoms. The Labute approximate surface area is 137 Å². The zero-order chi connectivity index (χ0) is 17.8. The van der Waals surface area contributed by atoms with Crippen LogP contribution in [0.25, 0.3) is 0 Å². The quantitative estimate of drug-likeness (QED) is 0.636. The van der Waals surface area contributed by atoms with E-state index in [1.54, 1.807) is 4.90 Å². The van der Waals surface area contributed by atoms with E-state index >= 15 is 0 Å². The van der Waals surface area contributed by atoms with Crippen molar-refractivity contribution in [3.8, 4) is 0 Å². The van der Waals surface area contributed by atoms with E-state index in [9.17, 15) is 26.4 Å². The monoisotopic (exact) mass is 363 g/mol. The Morgan fingerprint density at radius 1 is 1.29 bits per heavy atom. The Balaban J connectivity index is 1.85. The van der Waals surface area contributed by atoms with E-state index in [0.29, 0.717) is 0 Å². The molecule has 1 heterocycles. The van der Waals surface area contributed by atoms with Crippen LogP contribution in [0.15, 0.2) is 29.4 Å². The Hall–Kier alpha value is -1.94. The lowest BCUT2D eigenvalue weighted by atomic mass is 10.1. The Morgan fingerprint density at radius 3 is 2.58 bits per heavy atom. The first kappa shape index (κ1) is 18.4. The molecule has 0 aliphatic carbocycles. The molecule has 0 radical (unpaired) electrons. The van der Waals surface area contributed by atoms with Crippen molar-refractivity contribution in [1.82, 2.24) is 10.3 Å². The number of carbonyl (C=O) groups excluding carboxylic acids is 1. The molecule has 1 N–H and O–H groups in total. The van der Waals surface area contributed by atoms with Crippen molar-refractivity contribution < 1.29 is 26.4 Å². The molecule has 0 saturated carbocycles. The van der Waals surface area contributed by atoms with Crippen LogP contribution in [0, 0.1) is 0 Å². The number of alkyl halides is 3. The van der Waals surface area contributed by atoms with E-state index in [1.165, 1.54) is 12.1 Å². The fourth-order valence-corrected chi connectivity index (χ4v) is 3.40. The minimum Gasteiger partial charge on any atom is -0.292 e. The van der Waals surface area contributed by atoms with Gasteiger partial charge in [0.25, 0.3) is 5.91 Å². The highest BCUT2D eigenvalue weighted by Crippen LogP contribution is 2.29. The number of rotatable bonds is 4. The minimum atomic E-state index is -4.44. The maximum atomic E-state index is 12.6. The number of nitrogens with one attached hydrogen (secondary N) is 1. The zero-order valence-corrected chi connectivity index (χ0v) is 13.4. The number of carbonyl (C=O) groups is 1. The standard InChI is InChI=1S/C14H16F3N3O3S/c15-14(16,17)12-3-1-2-11(8-12)9-18-19-13(21)10-20-4-6-24(22,23)7-5-20/h1-3,8-9H,4-7,10H2,(H,19,21). The molecule has 1 saturated heterocycles.